The molecule has 0 saturated heterocycles. The molecule has 1 aliphatic rings. The second-order valence-corrected chi connectivity index (χ2v) is 2.98. The molecule has 12 heavy (non-hydrogen) atoms. The Hall–Kier alpha value is -1.63. The third-order valence-corrected chi connectivity index (χ3v) is 2.26. The number of fused-ring (bicyclic) bond motifs is 3. The maximum atomic E-state index is 4.24. The SMILES string of the molecule is C1=Nc2c1ccc1ccccc21. The van der Waals surface area contributed by atoms with Gasteiger partial charge in [0.1, 0.15) is 0 Å². The molecule has 0 fully saturated rings. The van der Waals surface area contributed by atoms with Crippen molar-refractivity contribution >= 4 is 22.7 Å². The van der Waals surface area contributed by atoms with E-state index < -0.39 is 0 Å². The van der Waals surface area contributed by atoms with Gasteiger partial charge in [-0.15, -0.1) is 0 Å². The zero-order valence-electron chi connectivity index (χ0n) is 6.49. The van der Waals surface area contributed by atoms with Gasteiger partial charge in [0.15, 0.2) is 0 Å². The van der Waals surface area contributed by atoms with E-state index in [0.717, 1.165) is 5.69 Å². The molecule has 1 heterocycles. The van der Waals surface area contributed by atoms with Crippen LogP contribution in [-0.2, 0) is 0 Å². The van der Waals surface area contributed by atoms with E-state index in [1.807, 2.05) is 6.21 Å². The number of benzene rings is 2. The fraction of sp³-hybridized carbons (Fsp3) is 0. The molecule has 0 atom stereocenters. The largest absolute Gasteiger partial charge is 0.255 e. The lowest BCUT2D eigenvalue weighted by Crippen LogP contribution is -1.92. The summed E-state index contributed by atoms with van der Waals surface area (Å²) in [4.78, 5) is 4.24. The summed E-state index contributed by atoms with van der Waals surface area (Å²) in [5, 5.41) is 2.53. The predicted octanol–water partition coefficient (Wildman–Crippen LogP) is 2.90. The van der Waals surface area contributed by atoms with Gasteiger partial charge >= 0.3 is 0 Å². The second kappa shape index (κ2) is 1.95. The standard InChI is InChI=1S/C11H7N/c1-2-4-10-8(3-1)5-6-9-7-12-11(9)10/h1-7H. The van der Waals surface area contributed by atoms with Crippen molar-refractivity contribution in [2.45, 2.75) is 0 Å². The van der Waals surface area contributed by atoms with Crippen LogP contribution in [0.5, 0.6) is 0 Å². The number of nitrogens with zero attached hydrogens (tertiary/aromatic N) is 1. The van der Waals surface area contributed by atoms with Crippen molar-refractivity contribution in [1.29, 1.82) is 0 Å². The Morgan fingerprint density at radius 2 is 1.83 bits per heavy atom. The summed E-state index contributed by atoms with van der Waals surface area (Å²) in [6.07, 6.45) is 1.90. The highest BCUT2D eigenvalue weighted by Gasteiger charge is 2.09. The van der Waals surface area contributed by atoms with Crippen molar-refractivity contribution in [3.63, 3.8) is 0 Å². The van der Waals surface area contributed by atoms with Gasteiger partial charge in [-0.05, 0) is 5.39 Å². The molecule has 0 spiro atoms. The molecule has 0 radical (unpaired) electrons. The zero-order chi connectivity index (χ0) is 7.97. The van der Waals surface area contributed by atoms with Crippen LogP contribution in [0, 0.1) is 0 Å². The Labute approximate surface area is 70.4 Å². The third kappa shape index (κ3) is 0.607. The van der Waals surface area contributed by atoms with Crippen molar-refractivity contribution in [3.05, 3.63) is 42.0 Å². The van der Waals surface area contributed by atoms with Crippen LogP contribution in [0.15, 0.2) is 41.4 Å². The average molecular weight is 153 g/mol. The van der Waals surface area contributed by atoms with E-state index >= 15 is 0 Å². The predicted molar refractivity (Wildman–Crippen MR) is 51.2 cm³/mol. The summed E-state index contributed by atoms with van der Waals surface area (Å²) in [6, 6.07) is 12.6. The Balaban J connectivity index is 2.53. The number of hydrogen-bond donors (Lipinski definition) is 0. The van der Waals surface area contributed by atoms with Gasteiger partial charge in [0.05, 0.1) is 5.69 Å². The summed E-state index contributed by atoms with van der Waals surface area (Å²) in [5.41, 5.74) is 2.40. The van der Waals surface area contributed by atoms with Crippen LogP contribution in [-0.4, -0.2) is 6.21 Å². The Morgan fingerprint density at radius 1 is 0.917 bits per heavy atom. The number of hydrogen-bond acceptors (Lipinski definition) is 1. The summed E-state index contributed by atoms with van der Waals surface area (Å²) in [5.74, 6) is 0. The minimum absolute atomic E-state index is 1.15. The van der Waals surface area contributed by atoms with E-state index in [0.29, 0.717) is 0 Å². The van der Waals surface area contributed by atoms with Gasteiger partial charge < -0.3 is 0 Å². The fourth-order valence-corrected chi connectivity index (χ4v) is 1.59. The molecule has 0 unspecified atom stereocenters. The molecule has 1 nitrogen and oxygen atoms in total. The van der Waals surface area contributed by atoms with Crippen LogP contribution in [0.3, 0.4) is 0 Å². The smallest absolute Gasteiger partial charge is 0.0796 e. The number of rotatable bonds is 0. The number of aliphatic imine (C=N–C) groups is 1. The quantitative estimate of drug-likeness (QED) is 0.471. The van der Waals surface area contributed by atoms with E-state index in [4.69, 9.17) is 0 Å². The highest BCUT2D eigenvalue weighted by atomic mass is 14.8. The summed E-state index contributed by atoms with van der Waals surface area (Å²) < 4.78 is 0. The van der Waals surface area contributed by atoms with Gasteiger partial charge in [-0.3, -0.25) is 4.99 Å². The first-order chi connectivity index (χ1) is 5.95. The molecule has 1 aliphatic heterocycles. The van der Waals surface area contributed by atoms with Crippen molar-refractivity contribution in [2.24, 2.45) is 4.99 Å². The van der Waals surface area contributed by atoms with E-state index in [1.165, 1.54) is 16.3 Å². The monoisotopic (exact) mass is 153 g/mol. The van der Waals surface area contributed by atoms with Crippen molar-refractivity contribution in [2.75, 3.05) is 0 Å². The van der Waals surface area contributed by atoms with Gasteiger partial charge in [0.25, 0.3) is 0 Å². The highest BCUT2D eigenvalue weighted by molar-refractivity contribution is 6.08. The first kappa shape index (κ1) is 5.95. The average Bonchev–Trinajstić information content (AvgIpc) is 2.05. The molecule has 0 bridgehead atoms. The maximum absolute atomic E-state index is 4.24. The zero-order valence-corrected chi connectivity index (χ0v) is 6.49. The van der Waals surface area contributed by atoms with Gasteiger partial charge in [-0.25, -0.2) is 0 Å². The molecule has 56 valence electrons. The van der Waals surface area contributed by atoms with Crippen molar-refractivity contribution in [1.82, 2.24) is 0 Å². The van der Waals surface area contributed by atoms with E-state index in [9.17, 15) is 0 Å². The van der Waals surface area contributed by atoms with Crippen LogP contribution in [0.1, 0.15) is 5.56 Å². The van der Waals surface area contributed by atoms with Gasteiger partial charge in [0.2, 0.25) is 0 Å². The van der Waals surface area contributed by atoms with Crippen LogP contribution in [0.25, 0.3) is 10.8 Å². The molecule has 0 saturated carbocycles. The van der Waals surface area contributed by atoms with Crippen molar-refractivity contribution < 1.29 is 0 Å². The molecule has 2 aromatic carbocycles. The summed E-state index contributed by atoms with van der Waals surface area (Å²) in [6.45, 7) is 0. The normalized spacial score (nSPS) is 12.7. The van der Waals surface area contributed by atoms with Gasteiger partial charge in [-0.1, -0.05) is 36.4 Å². The molecular weight excluding hydrogens is 146 g/mol. The lowest BCUT2D eigenvalue weighted by Gasteiger charge is -2.11. The third-order valence-electron chi connectivity index (χ3n) is 2.26. The maximum Gasteiger partial charge on any atom is 0.0796 e. The lowest BCUT2D eigenvalue weighted by atomic mass is 10.0. The van der Waals surface area contributed by atoms with Crippen LogP contribution in [0.4, 0.5) is 5.69 Å². The summed E-state index contributed by atoms with van der Waals surface area (Å²) in [7, 11) is 0. The highest BCUT2D eigenvalue weighted by Crippen LogP contribution is 2.33. The van der Waals surface area contributed by atoms with Gasteiger partial charge in [-0.2, -0.15) is 0 Å². The fourth-order valence-electron chi connectivity index (χ4n) is 1.59. The Kier molecular flexibility index (Phi) is 0.965. The minimum atomic E-state index is 1.15. The van der Waals surface area contributed by atoms with E-state index in [-0.39, 0.29) is 0 Å². The van der Waals surface area contributed by atoms with Crippen LogP contribution >= 0.6 is 0 Å². The van der Waals surface area contributed by atoms with Gasteiger partial charge in [0, 0.05) is 17.2 Å². The van der Waals surface area contributed by atoms with Crippen LogP contribution < -0.4 is 0 Å². The minimum Gasteiger partial charge on any atom is -0.255 e. The Morgan fingerprint density at radius 3 is 2.67 bits per heavy atom. The topological polar surface area (TPSA) is 12.4 Å². The molecular formula is C11H7N. The lowest BCUT2D eigenvalue weighted by molar-refractivity contribution is 1.49. The molecule has 0 aliphatic carbocycles. The second-order valence-electron chi connectivity index (χ2n) is 2.98. The van der Waals surface area contributed by atoms with Crippen LogP contribution in [0.2, 0.25) is 0 Å². The van der Waals surface area contributed by atoms with E-state index in [1.54, 1.807) is 0 Å². The molecule has 0 amide bonds. The molecule has 2 aromatic rings. The molecule has 3 rings (SSSR count). The first-order valence-corrected chi connectivity index (χ1v) is 4.01. The molecule has 0 N–H and O–H groups in total. The first-order valence-electron chi connectivity index (χ1n) is 4.01. The Bertz CT molecular complexity index is 483. The summed E-state index contributed by atoms with van der Waals surface area (Å²) >= 11 is 0. The van der Waals surface area contributed by atoms with Crippen molar-refractivity contribution in [3.8, 4) is 0 Å². The molecule has 1 heteroatoms. The molecule has 0 aromatic heterocycles. The van der Waals surface area contributed by atoms with E-state index in [2.05, 4.69) is 41.4 Å².